The van der Waals surface area contributed by atoms with Crippen molar-refractivity contribution in [3.63, 3.8) is 0 Å². The maximum absolute atomic E-state index is 10.7. The molecule has 0 saturated carbocycles. The first-order chi connectivity index (χ1) is 12.1. The van der Waals surface area contributed by atoms with Gasteiger partial charge in [-0.1, -0.05) is 18.2 Å². The highest BCUT2D eigenvalue weighted by atomic mass is 16.5. The van der Waals surface area contributed by atoms with E-state index in [0.29, 0.717) is 19.8 Å². The van der Waals surface area contributed by atoms with Crippen LogP contribution in [0.15, 0.2) is 48.5 Å². The Labute approximate surface area is 148 Å². The summed E-state index contributed by atoms with van der Waals surface area (Å²) in [6.45, 7) is 5.46. The molecular weight excluding hydrogens is 318 g/mol. The van der Waals surface area contributed by atoms with Crippen LogP contribution in [0.25, 0.3) is 6.08 Å². The van der Waals surface area contributed by atoms with Gasteiger partial charge in [-0.2, -0.15) is 0 Å². The van der Waals surface area contributed by atoms with Crippen LogP contribution in [0, 0.1) is 0 Å². The first-order valence-electron chi connectivity index (χ1n) is 8.21. The van der Waals surface area contributed by atoms with E-state index in [4.69, 9.17) is 19.9 Å². The molecule has 0 aliphatic heterocycles. The van der Waals surface area contributed by atoms with Crippen molar-refractivity contribution in [3.8, 4) is 17.2 Å². The lowest BCUT2D eigenvalue weighted by Crippen LogP contribution is -2.05. The highest BCUT2D eigenvalue weighted by Crippen LogP contribution is 2.29. The zero-order valence-electron chi connectivity index (χ0n) is 14.5. The number of amides is 1. The second kappa shape index (κ2) is 9.37. The first kappa shape index (κ1) is 18.4. The van der Waals surface area contributed by atoms with Crippen molar-refractivity contribution in [1.29, 1.82) is 0 Å². The van der Waals surface area contributed by atoms with Crippen molar-refractivity contribution in [2.45, 2.75) is 20.5 Å². The Bertz CT molecular complexity index is 723. The molecule has 5 nitrogen and oxygen atoms in total. The molecule has 1 amide bonds. The van der Waals surface area contributed by atoms with Crippen LogP contribution < -0.4 is 19.9 Å². The molecule has 0 unspecified atom stereocenters. The fourth-order valence-electron chi connectivity index (χ4n) is 2.21. The number of rotatable bonds is 9. The topological polar surface area (TPSA) is 70.8 Å². The minimum Gasteiger partial charge on any atom is -0.490 e. The third-order valence-electron chi connectivity index (χ3n) is 3.33. The van der Waals surface area contributed by atoms with Crippen LogP contribution in [0.1, 0.15) is 25.0 Å². The minimum atomic E-state index is -0.471. The predicted octanol–water partition coefficient (Wildman–Crippen LogP) is 3.56. The molecule has 0 atom stereocenters. The van der Waals surface area contributed by atoms with Gasteiger partial charge in [-0.15, -0.1) is 0 Å². The molecule has 0 bridgehead atoms. The maximum Gasteiger partial charge on any atom is 0.241 e. The van der Waals surface area contributed by atoms with Crippen LogP contribution in [-0.2, 0) is 11.4 Å². The third kappa shape index (κ3) is 5.88. The van der Waals surface area contributed by atoms with Gasteiger partial charge in [0.1, 0.15) is 12.4 Å². The van der Waals surface area contributed by atoms with Crippen molar-refractivity contribution in [1.82, 2.24) is 0 Å². The molecule has 0 spiro atoms. The summed E-state index contributed by atoms with van der Waals surface area (Å²) in [6, 6.07) is 13.2. The molecule has 2 N–H and O–H groups in total. The zero-order valence-corrected chi connectivity index (χ0v) is 14.5. The van der Waals surface area contributed by atoms with Crippen molar-refractivity contribution < 1.29 is 19.0 Å². The molecule has 0 heterocycles. The van der Waals surface area contributed by atoms with E-state index in [0.717, 1.165) is 28.4 Å². The molecule has 0 fully saturated rings. The van der Waals surface area contributed by atoms with Crippen LogP contribution in [0.5, 0.6) is 17.2 Å². The SMILES string of the molecule is CCOc1ccc(COc2ccc(/C=C\C(N)=O)cc2)cc1OCC. The minimum absolute atomic E-state index is 0.420. The smallest absolute Gasteiger partial charge is 0.241 e. The summed E-state index contributed by atoms with van der Waals surface area (Å²) in [5, 5.41) is 0. The first-order valence-corrected chi connectivity index (χ1v) is 8.21. The van der Waals surface area contributed by atoms with Gasteiger partial charge in [-0.3, -0.25) is 4.79 Å². The monoisotopic (exact) mass is 341 g/mol. The van der Waals surface area contributed by atoms with Gasteiger partial charge >= 0.3 is 0 Å². The van der Waals surface area contributed by atoms with E-state index >= 15 is 0 Å². The van der Waals surface area contributed by atoms with Gasteiger partial charge in [0.15, 0.2) is 11.5 Å². The van der Waals surface area contributed by atoms with E-state index in [1.165, 1.54) is 6.08 Å². The molecule has 0 aliphatic rings. The highest BCUT2D eigenvalue weighted by Gasteiger charge is 2.06. The molecule has 5 heteroatoms. The summed E-state index contributed by atoms with van der Waals surface area (Å²) in [5.74, 6) is 1.72. The van der Waals surface area contributed by atoms with Crippen LogP contribution in [-0.4, -0.2) is 19.1 Å². The summed E-state index contributed by atoms with van der Waals surface area (Å²) in [6.07, 6.45) is 2.98. The molecule has 0 radical (unpaired) electrons. The Morgan fingerprint density at radius 1 is 0.960 bits per heavy atom. The molecule has 132 valence electrons. The van der Waals surface area contributed by atoms with Crippen LogP contribution in [0.3, 0.4) is 0 Å². The fraction of sp³-hybridized carbons (Fsp3) is 0.250. The maximum atomic E-state index is 10.7. The lowest BCUT2D eigenvalue weighted by Gasteiger charge is -2.13. The van der Waals surface area contributed by atoms with Gasteiger partial charge in [0, 0.05) is 6.08 Å². The lowest BCUT2D eigenvalue weighted by atomic mass is 10.2. The molecule has 2 rings (SSSR count). The van der Waals surface area contributed by atoms with Crippen molar-refractivity contribution in [2.75, 3.05) is 13.2 Å². The Hall–Kier alpha value is -2.95. The number of carbonyl (C=O) groups is 1. The quantitative estimate of drug-likeness (QED) is 0.708. The van der Waals surface area contributed by atoms with Gasteiger partial charge in [0.2, 0.25) is 5.91 Å². The summed E-state index contributed by atoms with van der Waals surface area (Å²) >= 11 is 0. The summed E-state index contributed by atoms with van der Waals surface area (Å²) in [4.78, 5) is 10.7. The predicted molar refractivity (Wildman–Crippen MR) is 97.8 cm³/mol. The number of ether oxygens (including phenoxy) is 3. The van der Waals surface area contributed by atoms with E-state index < -0.39 is 5.91 Å². The Morgan fingerprint density at radius 2 is 1.64 bits per heavy atom. The number of primary amides is 1. The van der Waals surface area contributed by atoms with Gasteiger partial charge in [-0.25, -0.2) is 0 Å². The van der Waals surface area contributed by atoms with Crippen LogP contribution in [0.2, 0.25) is 0 Å². The average molecular weight is 341 g/mol. The molecule has 0 saturated heterocycles. The number of carbonyl (C=O) groups excluding carboxylic acids is 1. The van der Waals surface area contributed by atoms with Gasteiger partial charge in [0.05, 0.1) is 13.2 Å². The highest BCUT2D eigenvalue weighted by molar-refractivity contribution is 5.90. The molecule has 25 heavy (non-hydrogen) atoms. The van der Waals surface area contributed by atoms with Gasteiger partial charge in [0.25, 0.3) is 0 Å². The third-order valence-corrected chi connectivity index (χ3v) is 3.33. The standard InChI is InChI=1S/C20H23NO4/c1-3-23-18-11-7-16(13-19(18)24-4-2)14-25-17-9-5-15(6-10-17)8-12-20(21)22/h5-13H,3-4,14H2,1-2H3,(H2,21,22)/b12-8-. The Morgan fingerprint density at radius 3 is 2.28 bits per heavy atom. The van der Waals surface area contributed by atoms with Crippen molar-refractivity contribution in [2.24, 2.45) is 5.73 Å². The zero-order chi connectivity index (χ0) is 18.1. The number of benzene rings is 2. The van der Waals surface area contributed by atoms with Crippen LogP contribution in [0.4, 0.5) is 0 Å². The number of hydrogen-bond acceptors (Lipinski definition) is 4. The average Bonchev–Trinajstić information content (AvgIpc) is 2.61. The van der Waals surface area contributed by atoms with Crippen molar-refractivity contribution >= 4 is 12.0 Å². The van der Waals surface area contributed by atoms with Gasteiger partial charge in [-0.05, 0) is 55.3 Å². The molecule has 2 aromatic carbocycles. The van der Waals surface area contributed by atoms with E-state index in [1.54, 1.807) is 6.08 Å². The van der Waals surface area contributed by atoms with Crippen LogP contribution >= 0.6 is 0 Å². The van der Waals surface area contributed by atoms with E-state index in [-0.39, 0.29) is 0 Å². The number of nitrogens with two attached hydrogens (primary N) is 1. The normalized spacial score (nSPS) is 10.6. The van der Waals surface area contributed by atoms with Gasteiger partial charge < -0.3 is 19.9 Å². The Balaban J connectivity index is 2.00. The Kier molecular flexibility index (Phi) is 6.89. The summed E-state index contributed by atoms with van der Waals surface area (Å²) in [5.41, 5.74) is 6.95. The second-order valence-electron chi connectivity index (χ2n) is 5.24. The largest absolute Gasteiger partial charge is 0.490 e. The summed E-state index contributed by atoms with van der Waals surface area (Å²) < 4.78 is 17.0. The molecule has 2 aromatic rings. The fourth-order valence-corrected chi connectivity index (χ4v) is 2.21. The van der Waals surface area contributed by atoms with Crippen molar-refractivity contribution in [3.05, 3.63) is 59.7 Å². The molecule has 0 aliphatic carbocycles. The summed E-state index contributed by atoms with van der Waals surface area (Å²) in [7, 11) is 0. The molecule has 0 aromatic heterocycles. The molecular formula is C20H23NO4. The number of hydrogen-bond donors (Lipinski definition) is 1. The van der Waals surface area contributed by atoms with E-state index in [2.05, 4.69) is 0 Å². The van der Waals surface area contributed by atoms with E-state index in [9.17, 15) is 4.79 Å². The second-order valence-corrected chi connectivity index (χ2v) is 5.24. The lowest BCUT2D eigenvalue weighted by molar-refractivity contribution is -0.113. The van der Waals surface area contributed by atoms with E-state index in [1.807, 2.05) is 56.3 Å².